The van der Waals surface area contributed by atoms with Crippen LogP contribution in [0.15, 0.2) is 24.3 Å². The summed E-state index contributed by atoms with van der Waals surface area (Å²) >= 11 is 0. The molecular weight excluding hydrogens is 220 g/mol. The number of esters is 1. The smallest absolute Gasteiger partial charge is 0.320 e. The second kappa shape index (κ2) is 3.26. The Morgan fingerprint density at radius 1 is 1.41 bits per heavy atom. The van der Waals surface area contributed by atoms with Crippen LogP contribution in [-0.4, -0.2) is 33.3 Å². The van der Waals surface area contributed by atoms with Gasteiger partial charge >= 0.3 is 5.97 Å². The first-order chi connectivity index (χ1) is 8.22. The van der Waals surface area contributed by atoms with Gasteiger partial charge < -0.3 is 4.74 Å². The van der Waals surface area contributed by atoms with Crippen molar-refractivity contribution in [2.75, 3.05) is 7.11 Å². The van der Waals surface area contributed by atoms with E-state index in [-0.39, 0.29) is 17.8 Å². The lowest BCUT2D eigenvalue weighted by atomic mass is 10.0. The highest BCUT2D eigenvalue weighted by molar-refractivity contribution is 5.88. The highest BCUT2D eigenvalue weighted by Crippen LogP contribution is 2.62. The van der Waals surface area contributed by atoms with Crippen LogP contribution in [0.2, 0.25) is 0 Å². The number of fused-ring (bicyclic) bond motifs is 1. The maximum absolute atomic E-state index is 12.1. The molecule has 2 unspecified atom stereocenters. The van der Waals surface area contributed by atoms with Crippen molar-refractivity contribution >= 4 is 5.97 Å². The van der Waals surface area contributed by atoms with E-state index in [1.165, 1.54) is 11.8 Å². The van der Waals surface area contributed by atoms with Gasteiger partial charge in [0.25, 0.3) is 0 Å². The summed E-state index contributed by atoms with van der Waals surface area (Å²) in [7, 11) is 3.13. The number of carbonyl (C=O) groups is 1. The minimum Gasteiger partial charge on any atom is -0.468 e. The molecule has 0 aromatic carbocycles. The van der Waals surface area contributed by atoms with Crippen LogP contribution in [0.5, 0.6) is 0 Å². The highest BCUT2D eigenvalue weighted by atomic mass is 16.5. The molecule has 1 aromatic heterocycles. The molecular formula is C11H12N4O2. The lowest BCUT2D eigenvalue weighted by Gasteiger charge is -2.12. The molecule has 6 heteroatoms. The van der Waals surface area contributed by atoms with E-state index >= 15 is 0 Å². The van der Waals surface area contributed by atoms with Crippen molar-refractivity contribution < 1.29 is 9.53 Å². The Morgan fingerprint density at radius 2 is 2.06 bits per heavy atom. The van der Waals surface area contributed by atoms with Gasteiger partial charge in [0, 0.05) is 18.9 Å². The van der Waals surface area contributed by atoms with Crippen molar-refractivity contribution in [3.8, 4) is 0 Å². The van der Waals surface area contributed by atoms with Crippen LogP contribution < -0.4 is 0 Å². The fraction of sp³-hybridized carbons (Fsp3) is 0.455. The van der Waals surface area contributed by atoms with Gasteiger partial charge in [0.15, 0.2) is 5.82 Å². The summed E-state index contributed by atoms with van der Waals surface area (Å²) in [6, 6.07) is 0. The van der Waals surface area contributed by atoms with Crippen LogP contribution >= 0.6 is 0 Å². The van der Waals surface area contributed by atoms with E-state index in [0.29, 0.717) is 5.82 Å². The van der Waals surface area contributed by atoms with Gasteiger partial charge in [-0.1, -0.05) is 24.3 Å². The molecule has 1 saturated carbocycles. The zero-order valence-corrected chi connectivity index (χ0v) is 9.57. The minimum absolute atomic E-state index is 0.102. The van der Waals surface area contributed by atoms with E-state index in [9.17, 15) is 4.79 Å². The van der Waals surface area contributed by atoms with E-state index in [0.717, 1.165) is 0 Å². The Balaban J connectivity index is 2.13. The molecule has 2 atom stereocenters. The number of nitrogens with zero attached hydrogens (tertiary/aromatic N) is 4. The molecule has 88 valence electrons. The van der Waals surface area contributed by atoms with Crippen LogP contribution in [0.25, 0.3) is 0 Å². The molecule has 0 spiro atoms. The monoisotopic (exact) mass is 232 g/mol. The molecule has 0 saturated heterocycles. The van der Waals surface area contributed by atoms with Gasteiger partial charge in [-0.15, -0.1) is 5.10 Å². The number of hydrogen-bond acceptors (Lipinski definition) is 5. The van der Waals surface area contributed by atoms with Gasteiger partial charge in [-0.25, -0.2) is 4.68 Å². The largest absolute Gasteiger partial charge is 0.468 e. The molecule has 1 aromatic rings. The van der Waals surface area contributed by atoms with Gasteiger partial charge in [0.05, 0.1) is 7.11 Å². The topological polar surface area (TPSA) is 69.9 Å². The average molecular weight is 232 g/mol. The molecule has 3 rings (SSSR count). The molecule has 1 fully saturated rings. The third-order valence-electron chi connectivity index (χ3n) is 3.59. The maximum Gasteiger partial charge on any atom is 0.320 e. The summed E-state index contributed by atoms with van der Waals surface area (Å²) in [5.41, 5.74) is -0.740. The normalized spacial score (nSPS) is 33.3. The van der Waals surface area contributed by atoms with Crippen LogP contribution in [0, 0.1) is 11.8 Å². The third-order valence-corrected chi connectivity index (χ3v) is 3.59. The van der Waals surface area contributed by atoms with Crippen LogP contribution in [0.1, 0.15) is 5.82 Å². The van der Waals surface area contributed by atoms with E-state index in [1.807, 2.05) is 24.3 Å². The first-order valence-corrected chi connectivity index (χ1v) is 5.39. The minimum atomic E-state index is -0.740. The molecule has 2 aliphatic rings. The molecule has 0 bridgehead atoms. The number of rotatable bonds is 2. The van der Waals surface area contributed by atoms with E-state index in [4.69, 9.17) is 4.74 Å². The summed E-state index contributed by atoms with van der Waals surface area (Å²) in [6.07, 6.45) is 7.90. The van der Waals surface area contributed by atoms with Crippen LogP contribution in [0.3, 0.4) is 0 Å². The first kappa shape index (κ1) is 10.2. The summed E-state index contributed by atoms with van der Waals surface area (Å²) in [5.74, 6) is 0.492. The molecule has 0 N–H and O–H groups in total. The summed E-state index contributed by atoms with van der Waals surface area (Å²) in [5, 5.41) is 11.4. The van der Waals surface area contributed by atoms with Crippen LogP contribution in [0.4, 0.5) is 0 Å². The number of hydrogen-bond donors (Lipinski definition) is 0. The molecule has 1 heterocycles. The Labute approximate surface area is 97.9 Å². The lowest BCUT2D eigenvalue weighted by molar-refractivity contribution is -0.144. The molecule has 17 heavy (non-hydrogen) atoms. The van der Waals surface area contributed by atoms with Crippen molar-refractivity contribution in [1.29, 1.82) is 0 Å². The second-order valence-corrected chi connectivity index (χ2v) is 4.31. The summed E-state index contributed by atoms with van der Waals surface area (Å²) < 4.78 is 6.47. The fourth-order valence-electron chi connectivity index (χ4n) is 2.76. The Bertz CT molecular complexity index is 513. The van der Waals surface area contributed by atoms with Crippen molar-refractivity contribution in [1.82, 2.24) is 20.2 Å². The maximum atomic E-state index is 12.1. The summed E-state index contributed by atoms with van der Waals surface area (Å²) in [6.45, 7) is 0. The van der Waals surface area contributed by atoms with E-state index in [1.54, 1.807) is 7.05 Å². The summed E-state index contributed by atoms with van der Waals surface area (Å²) in [4.78, 5) is 12.1. The fourth-order valence-corrected chi connectivity index (χ4v) is 2.76. The quantitative estimate of drug-likeness (QED) is 0.671. The number of aryl methyl sites for hydroxylation is 1. The van der Waals surface area contributed by atoms with Gasteiger partial charge in [0.1, 0.15) is 5.41 Å². The highest BCUT2D eigenvalue weighted by Gasteiger charge is 2.72. The number of methoxy groups -OCH3 is 1. The second-order valence-electron chi connectivity index (χ2n) is 4.31. The van der Waals surface area contributed by atoms with Crippen molar-refractivity contribution in [2.45, 2.75) is 5.41 Å². The van der Waals surface area contributed by atoms with Crippen molar-refractivity contribution in [3.63, 3.8) is 0 Å². The SMILES string of the molecule is COC(=O)C1(c2nnnn2C)C2C=CC=CC21. The lowest BCUT2D eigenvalue weighted by Crippen LogP contribution is -2.29. The van der Waals surface area contributed by atoms with Crippen molar-refractivity contribution in [3.05, 3.63) is 30.1 Å². The number of allylic oxidation sites excluding steroid dienone is 4. The number of aromatic nitrogens is 4. The third kappa shape index (κ3) is 1.09. The molecule has 6 nitrogen and oxygen atoms in total. The number of tetrazole rings is 1. The Hall–Kier alpha value is -1.98. The number of carbonyl (C=O) groups excluding carboxylic acids is 1. The van der Waals surface area contributed by atoms with Gasteiger partial charge in [-0.3, -0.25) is 4.79 Å². The molecule has 0 amide bonds. The molecule has 2 aliphatic carbocycles. The average Bonchev–Trinajstić information content (AvgIpc) is 2.85. The van der Waals surface area contributed by atoms with Gasteiger partial charge in [0.2, 0.25) is 0 Å². The van der Waals surface area contributed by atoms with Gasteiger partial charge in [-0.2, -0.15) is 0 Å². The van der Waals surface area contributed by atoms with Gasteiger partial charge in [-0.05, 0) is 10.4 Å². The first-order valence-electron chi connectivity index (χ1n) is 5.39. The standard InChI is InChI=1S/C11H12N4O2/c1-15-9(12-13-14-15)11(10(16)17-2)7-5-3-4-6-8(7)11/h3-8H,1-2H3. The zero-order chi connectivity index (χ0) is 12.0. The van der Waals surface area contributed by atoms with Crippen LogP contribution in [-0.2, 0) is 22.0 Å². The van der Waals surface area contributed by atoms with E-state index in [2.05, 4.69) is 15.5 Å². The predicted octanol–water partition coefficient (Wildman–Crippen LogP) is -0.00710. The number of ether oxygens (including phenoxy) is 1. The van der Waals surface area contributed by atoms with E-state index < -0.39 is 5.41 Å². The Kier molecular flexibility index (Phi) is 1.95. The van der Waals surface area contributed by atoms with Crippen molar-refractivity contribution in [2.24, 2.45) is 18.9 Å². The molecule has 0 radical (unpaired) electrons. The Morgan fingerprint density at radius 3 is 2.53 bits per heavy atom. The predicted molar refractivity (Wildman–Crippen MR) is 57.8 cm³/mol. The zero-order valence-electron chi connectivity index (χ0n) is 9.57. The molecule has 0 aliphatic heterocycles.